The van der Waals surface area contributed by atoms with Crippen LogP contribution in [0.25, 0.3) is 0 Å². The molecule has 0 amide bonds. The fourth-order valence-electron chi connectivity index (χ4n) is 3.46. The monoisotopic (exact) mass is 688 g/mol. The highest BCUT2D eigenvalue weighted by atomic mass is 79.9. The normalized spacial score (nSPS) is 15.4. The Morgan fingerprint density at radius 3 is 1.90 bits per heavy atom. The highest BCUT2D eigenvalue weighted by molar-refractivity contribution is 9.13. The molecule has 0 aromatic heterocycles. The van der Waals surface area contributed by atoms with Gasteiger partial charge in [-0.25, -0.2) is 0 Å². The van der Waals surface area contributed by atoms with Crippen LogP contribution >= 0.6 is 63.7 Å². The minimum absolute atomic E-state index is 0.0158. The quantitative estimate of drug-likeness (QED) is 0.0742. The second kappa shape index (κ2) is 16.9. The predicted molar refractivity (Wildman–Crippen MR) is 146 cm³/mol. The molecule has 0 saturated carbocycles. The summed E-state index contributed by atoms with van der Waals surface area (Å²) >= 11 is 15.4. The van der Waals surface area contributed by atoms with Gasteiger partial charge in [0.25, 0.3) is 0 Å². The standard InChI is InChI=1S/C24H36Br4O3/c1-2-3-7-10-18(25)20(27)16-21(28)19(26)11-8-5-4-6-9-12-22(29)17-13-14-23(30)24(31)15-17/h13-15,18-21,30-31H,2-12,16H2,1H3. The van der Waals surface area contributed by atoms with Crippen LogP contribution < -0.4 is 0 Å². The number of unbranched alkanes of at least 4 members (excludes halogenated alkanes) is 6. The van der Waals surface area contributed by atoms with E-state index in [1.807, 2.05) is 0 Å². The summed E-state index contributed by atoms with van der Waals surface area (Å²) < 4.78 is 0. The summed E-state index contributed by atoms with van der Waals surface area (Å²) in [5.74, 6) is -0.422. The molecule has 7 heteroatoms. The minimum Gasteiger partial charge on any atom is -0.504 e. The van der Waals surface area contributed by atoms with Gasteiger partial charge < -0.3 is 10.2 Å². The molecule has 0 spiro atoms. The Labute approximate surface area is 221 Å². The molecule has 0 heterocycles. The zero-order valence-corrected chi connectivity index (χ0v) is 24.7. The Kier molecular flexibility index (Phi) is 16.1. The first-order valence-electron chi connectivity index (χ1n) is 11.4. The average Bonchev–Trinajstić information content (AvgIpc) is 2.74. The molecule has 0 fully saturated rings. The number of rotatable bonds is 17. The predicted octanol–water partition coefficient (Wildman–Crippen LogP) is 9.04. The zero-order valence-electron chi connectivity index (χ0n) is 18.3. The SMILES string of the molecule is CCCCCC(Br)C(Br)CC(Br)C(Br)CCCCCCCC(=O)c1ccc(O)c(O)c1. The third-order valence-corrected chi connectivity index (χ3v) is 11.1. The highest BCUT2D eigenvalue weighted by Gasteiger charge is 2.23. The number of ketones is 1. The van der Waals surface area contributed by atoms with E-state index in [2.05, 4.69) is 70.6 Å². The molecular weight excluding hydrogens is 656 g/mol. The van der Waals surface area contributed by atoms with Crippen LogP contribution in [0.4, 0.5) is 0 Å². The smallest absolute Gasteiger partial charge is 0.163 e. The first-order chi connectivity index (χ1) is 14.8. The number of carbonyl (C=O) groups is 1. The third-order valence-electron chi connectivity index (χ3n) is 5.50. The molecular formula is C24H36Br4O3. The number of halogens is 4. The lowest BCUT2D eigenvalue weighted by atomic mass is 10.0. The number of aromatic hydroxyl groups is 2. The largest absolute Gasteiger partial charge is 0.504 e. The van der Waals surface area contributed by atoms with E-state index in [0.29, 0.717) is 31.3 Å². The van der Waals surface area contributed by atoms with Crippen LogP contribution in [-0.2, 0) is 0 Å². The molecule has 1 rings (SSSR count). The number of Topliss-reactive ketones (excluding diaryl/α,β-unsaturated/α-hetero) is 1. The highest BCUT2D eigenvalue weighted by Crippen LogP contribution is 2.31. The number of phenolic OH excluding ortho intramolecular Hbond substituents is 2. The van der Waals surface area contributed by atoms with Crippen molar-refractivity contribution in [1.82, 2.24) is 0 Å². The van der Waals surface area contributed by atoms with Crippen molar-refractivity contribution >= 4 is 69.5 Å². The van der Waals surface area contributed by atoms with E-state index in [4.69, 9.17) is 0 Å². The molecule has 0 aliphatic heterocycles. The molecule has 178 valence electrons. The molecule has 1 aromatic carbocycles. The number of hydrogen-bond donors (Lipinski definition) is 2. The molecule has 2 N–H and O–H groups in total. The second-order valence-corrected chi connectivity index (χ2v) is 12.9. The van der Waals surface area contributed by atoms with Gasteiger partial charge >= 0.3 is 0 Å². The van der Waals surface area contributed by atoms with Crippen molar-refractivity contribution in [3.63, 3.8) is 0 Å². The van der Waals surface area contributed by atoms with Gasteiger partial charge in [-0.2, -0.15) is 0 Å². The maximum absolute atomic E-state index is 12.2. The topological polar surface area (TPSA) is 57.5 Å². The molecule has 4 unspecified atom stereocenters. The molecule has 1 aromatic rings. The van der Waals surface area contributed by atoms with Crippen LogP contribution in [0.15, 0.2) is 18.2 Å². The fourth-order valence-corrected chi connectivity index (χ4v) is 6.37. The van der Waals surface area contributed by atoms with E-state index in [1.54, 1.807) is 6.07 Å². The first-order valence-corrected chi connectivity index (χ1v) is 15.0. The van der Waals surface area contributed by atoms with Crippen LogP contribution in [0.2, 0.25) is 0 Å². The molecule has 4 atom stereocenters. The molecule has 0 aliphatic carbocycles. The molecule has 0 radical (unpaired) electrons. The number of benzene rings is 1. The van der Waals surface area contributed by atoms with Crippen LogP contribution in [0.1, 0.15) is 94.3 Å². The van der Waals surface area contributed by atoms with E-state index in [0.717, 1.165) is 32.1 Å². The minimum atomic E-state index is -0.241. The molecule has 31 heavy (non-hydrogen) atoms. The van der Waals surface area contributed by atoms with Gasteiger partial charge in [0, 0.05) is 31.3 Å². The van der Waals surface area contributed by atoms with Crippen molar-refractivity contribution in [3.8, 4) is 11.5 Å². The van der Waals surface area contributed by atoms with Crippen molar-refractivity contribution < 1.29 is 15.0 Å². The van der Waals surface area contributed by atoms with Gasteiger partial charge in [0.1, 0.15) is 0 Å². The van der Waals surface area contributed by atoms with E-state index >= 15 is 0 Å². The summed E-state index contributed by atoms with van der Waals surface area (Å²) in [6, 6.07) is 4.26. The Morgan fingerprint density at radius 2 is 1.32 bits per heavy atom. The Morgan fingerprint density at radius 1 is 0.774 bits per heavy atom. The second-order valence-electron chi connectivity index (χ2n) is 8.23. The lowest BCUT2D eigenvalue weighted by Gasteiger charge is -2.23. The van der Waals surface area contributed by atoms with Crippen molar-refractivity contribution in [3.05, 3.63) is 23.8 Å². The van der Waals surface area contributed by atoms with Gasteiger partial charge in [-0.15, -0.1) is 0 Å². The molecule has 3 nitrogen and oxygen atoms in total. The average molecular weight is 692 g/mol. The van der Waals surface area contributed by atoms with Gasteiger partial charge in [0.15, 0.2) is 17.3 Å². The Balaban J connectivity index is 2.13. The summed E-state index contributed by atoms with van der Waals surface area (Å²) in [5.41, 5.74) is 0.460. The van der Waals surface area contributed by atoms with E-state index in [1.165, 1.54) is 50.7 Å². The maximum atomic E-state index is 12.2. The summed E-state index contributed by atoms with van der Waals surface area (Å²) in [6.45, 7) is 2.24. The van der Waals surface area contributed by atoms with Gasteiger partial charge in [-0.3, -0.25) is 4.79 Å². The van der Waals surface area contributed by atoms with Gasteiger partial charge in [0.05, 0.1) is 0 Å². The summed E-state index contributed by atoms with van der Waals surface area (Å²) in [6.07, 6.45) is 13.1. The van der Waals surface area contributed by atoms with Crippen LogP contribution in [0, 0.1) is 0 Å². The van der Waals surface area contributed by atoms with Crippen LogP contribution in [0.3, 0.4) is 0 Å². The number of phenols is 2. The number of carbonyl (C=O) groups excluding carboxylic acids is 1. The van der Waals surface area contributed by atoms with Crippen molar-refractivity contribution in [1.29, 1.82) is 0 Å². The molecule has 0 aliphatic rings. The number of alkyl halides is 4. The van der Waals surface area contributed by atoms with Gasteiger partial charge in [0.2, 0.25) is 0 Å². The Hall–Kier alpha value is 0.410. The van der Waals surface area contributed by atoms with Crippen LogP contribution in [-0.4, -0.2) is 35.3 Å². The maximum Gasteiger partial charge on any atom is 0.163 e. The number of hydrogen-bond acceptors (Lipinski definition) is 3. The molecule has 0 bridgehead atoms. The van der Waals surface area contributed by atoms with Gasteiger partial charge in [-0.1, -0.05) is 116 Å². The third kappa shape index (κ3) is 12.4. The van der Waals surface area contributed by atoms with Gasteiger partial charge in [-0.05, 0) is 43.9 Å². The summed E-state index contributed by atoms with van der Waals surface area (Å²) in [4.78, 5) is 14.1. The van der Waals surface area contributed by atoms with E-state index in [-0.39, 0.29) is 17.3 Å². The van der Waals surface area contributed by atoms with Crippen LogP contribution in [0.5, 0.6) is 11.5 Å². The lowest BCUT2D eigenvalue weighted by Crippen LogP contribution is -2.23. The van der Waals surface area contributed by atoms with E-state index in [9.17, 15) is 15.0 Å². The van der Waals surface area contributed by atoms with Crippen molar-refractivity contribution in [2.24, 2.45) is 0 Å². The summed E-state index contributed by atoms with van der Waals surface area (Å²) in [7, 11) is 0. The van der Waals surface area contributed by atoms with Crippen molar-refractivity contribution in [2.45, 2.75) is 103 Å². The first kappa shape index (κ1) is 29.4. The lowest BCUT2D eigenvalue weighted by molar-refractivity contribution is 0.0978. The van der Waals surface area contributed by atoms with E-state index < -0.39 is 0 Å². The van der Waals surface area contributed by atoms with Crippen molar-refractivity contribution in [2.75, 3.05) is 0 Å². The fraction of sp³-hybridized carbons (Fsp3) is 0.708. The Bertz CT molecular complexity index is 641. The summed E-state index contributed by atoms with van der Waals surface area (Å²) in [5, 5.41) is 18.8. The zero-order chi connectivity index (χ0) is 23.2. The molecule has 0 saturated heterocycles.